The molecule has 0 aromatic carbocycles. The Morgan fingerprint density at radius 3 is 1.28 bits per heavy atom. The molecule has 0 saturated heterocycles. The van der Waals surface area contributed by atoms with Crippen LogP contribution in [-0.2, 0) is 19.7 Å². The molecule has 2 unspecified atom stereocenters. The van der Waals surface area contributed by atoms with E-state index in [1.165, 1.54) is 26.0 Å². The molecule has 0 N–H and O–H groups in total. The first kappa shape index (κ1) is 17.4. The second-order valence-electron chi connectivity index (χ2n) is 4.21. The van der Waals surface area contributed by atoms with Crippen LogP contribution in [0.1, 0.15) is 27.7 Å². The SMILES string of the molecule is CC=CCS(=O)(=O)C(C)C(C)S(=O)(=O)CC=CC. The summed E-state index contributed by atoms with van der Waals surface area (Å²) in [7, 11) is -6.84. The first-order valence-corrected chi connectivity index (χ1v) is 9.27. The summed E-state index contributed by atoms with van der Waals surface area (Å²) in [5.41, 5.74) is 0. The summed E-state index contributed by atoms with van der Waals surface area (Å²) in [6.07, 6.45) is 6.33. The molecule has 0 saturated carbocycles. The van der Waals surface area contributed by atoms with Crippen molar-refractivity contribution in [2.45, 2.75) is 38.2 Å². The van der Waals surface area contributed by atoms with E-state index >= 15 is 0 Å². The zero-order valence-corrected chi connectivity index (χ0v) is 13.0. The van der Waals surface area contributed by atoms with E-state index in [4.69, 9.17) is 0 Å². The highest BCUT2D eigenvalue weighted by Gasteiger charge is 2.33. The molecule has 0 heterocycles. The molecular weight excluding hydrogens is 272 g/mol. The Balaban J connectivity index is 5.05. The molecule has 0 aromatic heterocycles. The topological polar surface area (TPSA) is 68.3 Å². The summed E-state index contributed by atoms with van der Waals surface area (Å²) in [6, 6.07) is 0. The van der Waals surface area contributed by atoms with Crippen molar-refractivity contribution in [2.75, 3.05) is 11.5 Å². The maximum atomic E-state index is 11.9. The number of rotatable bonds is 7. The van der Waals surface area contributed by atoms with Gasteiger partial charge in [0.05, 0.1) is 22.0 Å². The van der Waals surface area contributed by atoms with Gasteiger partial charge in [0.1, 0.15) is 0 Å². The standard InChI is InChI=1S/C12H22O4S2/c1-5-7-9-17(13,14)11(3)12(4)18(15,16)10-8-6-2/h5-8,11-12H,9-10H2,1-4H3. The first-order valence-electron chi connectivity index (χ1n) is 5.84. The minimum Gasteiger partial charge on any atom is -0.228 e. The van der Waals surface area contributed by atoms with E-state index in [0.717, 1.165) is 0 Å². The average Bonchev–Trinajstić information content (AvgIpc) is 2.32. The number of sulfone groups is 2. The third-order valence-corrected chi connectivity index (χ3v) is 7.49. The molecule has 106 valence electrons. The summed E-state index contributed by atoms with van der Waals surface area (Å²) in [5, 5.41) is -1.80. The predicted octanol–water partition coefficient (Wildman–Crippen LogP) is 1.75. The molecule has 6 heteroatoms. The van der Waals surface area contributed by atoms with Gasteiger partial charge < -0.3 is 0 Å². The zero-order valence-electron chi connectivity index (χ0n) is 11.3. The van der Waals surface area contributed by atoms with Gasteiger partial charge >= 0.3 is 0 Å². The Labute approximate surface area is 111 Å². The van der Waals surface area contributed by atoms with Gasteiger partial charge in [-0.05, 0) is 27.7 Å². The van der Waals surface area contributed by atoms with E-state index in [1.807, 2.05) is 0 Å². The number of allylic oxidation sites excluding steroid dienone is 2. The van der Waals surface area contributed by atoms with Crippen LogP contribution in [0.4, 0.5) is 0 Å². The van der Waals surface area contributed by atoms with Crippen LogP contribution in [0, 0.1) is 0 Å². The second kappa shape index (κ2) is 7.09. The van der Waals surface area contributed by atoms with Gasteiger partial charge in [0.25, 0.3) is 0 Å². The lowest BCUT2D eigenvalue weighted by molar-refractivity contribution is 0.565. The van der Waals surface area contributed by atoms with Crippen LogP contribution in [0.5, 0.6) is 0 Å². The molecule has 0 rings (SSSR count). The molecule has 18 heavy (non-hydrogen) atoms. The largest absolute Gasteiger partial charge is 0.228 e. The Morgan fingerprint density at radius 1 is 0.778 bits per heavy atom. The molecule has 0 radical (unpaired) electrons. The first-order chi connectivity index (χ1) is 8.19. The third-order valence-electron chi connectivity index (χ3n) is 2.92. The molecule has 4 nitrogen and oxygen atoms in total. The molecular formula is C12H22O4S2. The summed E-state index contributed by atoms with van der Waals surface area (Å²) >= 11 is 0. The van der Waals surface area contributed by atoms with Crippen molar-refractivity contribution in [1.29, 1.82) is 0 Å². The predicted molar refractivity (Wildman–Crippen MR) is 76.1 cm³/mol. The van der Waals surface area contributed by atoms with Gasteiger partial charge in [-0.2, -0.15) is 0 Å². The van der Waals surface area contributed by atoms with Crippen LogP contribution in [0.25, 0.3) is 0 Å². The Bertz CT molecular complexity index is 450. The highest BCUT2D eigenvalue weighted by Crippen LogP contribution is 2.16. The Morgan fingerprint density at radius 2 is 1.06 bits per heavy atom. The van der Waals surface area contributed by atoms with E-state index < -0.39 is 30.2 Å². The average molecular weight is 294 g/mol. The molecule has 0 aliphatic rings. The van der Waals surface area contributed by atoms with Gasteiger partial charge in [-0.15, -0.1) is 0 Å². The quantitative estimate of drug-likeness (QED) is 0.671. The summed E-state index contributed by atoms with van der Waals surface area (Å²) < 4.78 is 47.7. The van der Waals surface area contributed by atoms with E-state index in [9.17, 15) is 16.8 Å². The van der Waals surface area contributed by atoms with E-state index in [0.29, 0.717) is 0 Å². The van der Waals surface area contributed by atoms with Crippen LogP contribution in [0.2, 0.25) is 0 Å². The van der Waals surface area contributed by atoms with Crippen LogP contribution in [0.3, 0.4) is 0 Å². The van der Waals surface area contributed by atoms with Gasteiger partial charge in [-0.3, -0.25) is 0 Å². The van der Waals surface area contributed by atoms with Crippen molar-refractivity contribution in [2.24, 2.45) is 0 Å². The maximum absolute atomic E-state index is 11.9. The second-order valence-corrected chi connectivity index (χ2v) is 9.01. The van der Waals surface area contributed by atoms with Gasteiger partial charge in [0.15, 0.2) is 19.7 Å². The van der Waals surface area contributed by atoms with Crippen LogP contribution >= 0.6 is 0 Å². The number of hydrogen-bond acceptors (Lipinski definition) is 4. The molecule has 0 amide bonds. The minimum atomic E-state index is -3.42. The highest BCUT2D eigenvalue weighted by molar-refractivity contribution is 7.96. The smallest absolute Gasteiger partial charge is 0.157 e. The van der Waals surface area contributed by atoms with E-state index in [2.05, 4.69) is 0 Å². The maximum Gasteiger partial charge on any atom is 0.157 e. The fraction of sp³-hybridized carbons (Fsp3) is 0.667. The summed E-state index contributed by atoms with van der Waals surface area (Å²) in [6.45, 7) is 6.37. The lowest BCUT2D eigenvalue weighted by Gasteiger charge is -2.19. The van der Waals surface area contributed by atoms with Crippen LogP contribution in [0.15, 0.2) is 24.3 Å². The summed E-state index contributed by atoms with van der Waals surface area (Å²) in [4.78, 5) is 0. The van der Waals surface area contributed by atoms with Crippen molar-refractivity contribution in [3.05, 3.63) is 24.3 Å². The molecule has 0 spiro atoms. The van der Waals surface area contributed by atoms with Gasteiger partial charge in [-0.25, -0.2) is 16.8 Å². The fourth-order valence-electron chi connectivity index (χ4n) is 1.35. The van der Waals surface area contributed by atoms with Gasteiger partial charge in [0.2, 0.25) is 0 Å². The van der Waals surface area contributed by atoms with Crippen molar-refractivity contribution >= 4 is 19.7 Å². The van der Waals surface area contributed by atoms with E-state index in [1.54, 1.807) is 26.0 Å². The van der Waals surface area contributed by atoms with Crippen LogP contribution in [-0.4, -0.2) is 38.8 Å². The Kier molecular flexibility index (Phi) is 6.84. The molecule has 0 aliphatic carbocycles. The monoisotopic (exact) mass is 294 g/mol. The van der Waals surface area contributed by atoms with Crippen molar-refractivity contribution in [3.63, 3.8) is 0 Å². The van der Waals surface area contributed by atoms with Crippen LogP contribution < -0.4 is 0 Å². The fourth-order valence-corrected chi connectivity index (χ4v) is 5.06. The van der Waals surface area contributed by atoms with Gasteiger partial charge in [0, 0.05) is 0 Å². The number of hydrogen-bond donors (Lipinski definition) is 0. The molecule has 0 bridgehead atoms. The zero-order chi connectivity index (χ0) is 14.4. The summed E-state index contributed by atoms with van der Waals surface area (Å²) in [5.74, 6) is -0.234. The normalized spacial score (nSPS) is 17.3. The lowest BCUT2D eigenvalue weighted by atomic mass is 10.4. The minimum absolute atomic E-state index is 0.117. The third kappa shape index (κ3) is 4.94. The van der Waals surface area contributed by atoms with E-state index in [-0.39, 0.29) is 11.5 Å². The highest BCUT2D eigenvalue weighted by atomic mass is 32.2. The van der Waals surface area contributed by atoms with Crippen molar-refractivity contribution < 1.29 is 16.8 Å². The molecule has 0 aromatic rings. The molecule has 0 fully saturated rings. The lowest BCUT2D eigenvalue weighted by Crippen LogP contribution is -2.37. The Hall–Kier alpha value is -0.620. The molecule has 0 aliphatic heterocycles. The van der Waals surface area contributed by atoms with Crippen molar-refractivity contribution in [1.82, 2.24) is 0 Å². The van der Waals surface area contributed by atoms with Gasteiger partial charge in [-0.1, -0.05) is 24.3 Å². The van der Waals surface area contributed by atoms with Crippen molar-refractivity contribution in [3.8, 4) is 0 Å². The molecule has 2 atom stereocenters.